The number of fused-ring (bicyclic) bond motifs is 1. The Balaban J connectivity index is 1.58. The number of carbonyl (C=O) groups is 1. The van der Waals surface area contributed by atoms with E-state index in [1.807, 2.05) is 49.4 Å². The van der Waals surface area contributed by atoms with Gasteiger partial charge in [-0.25, -0.2) is 13.4 Å². The van der Waals surface area contributed by atoms with E-state index >= 15 is 0 Å². The second-order valence-electron chi connectivity index (χ2n) is 9.67. The molecule has 190 valence electrons. The fourth-order valence-electron chi connectivity index (χ4n) is 4.69. The summed E-state index contributed by atoms with van der Waals surface area (Å²) in [6, 6.07) is 19.7. The zero-order chi connectivity index (χ0) is 26.0. The Morgan fingerprint density at radius 1 is 1.03 bits per heavy atom. The maximum absolute atomic E-state index is 13.6. The topological polar surface area (TPSA) is 92.3 Å². The standard InChI is InChI=1S/C29H30N4O3S/c1-20-12-15-33(16-13-20)37(35,36)24-10-11-27-25(17-24)26(18-28(32-27)23-9-6-14-30-19-23)29(34)31-21(2)22-7-4-3-5-8-22/h3-11,14,17-21H,12-13,15-16H2,1-2H3,(H,31,34)/t21-/m1/s1. The summed E-state index contributed by atoms with van der Waals surface area (Å²) in [5.74, 6) is 0.218. The Bertz CT molecular complexity index is 1520. The molecule has 1 N–H and O–H groups in total. The summed E-state index contributed by atoms with van der Waals surface area (Å²) in [7, 11) is -3.68. The summed E-state index contributed by atoms with van der Waals surface area (Å²) in [5.41, 5.74) is 3.26. The highest BCUT2D eigenvalue weighted by Gasteiger charge is 2.29. The number of nitrogens with zero attached hydrogens (tertiary/aromatic N) is 3. The van der Waals surface area contributed by atoms with E-state index in [1.165, 1.54) is 0 Å². The van der Waals surface area contributed by atoms with Crippen molar-refractivity contribution >= 4 is 26.8 Å². The van der Waals surface area contributed by atoms with Gasteiger partial charge in [-0.1, -0.05) is 37.3 Å². The number of hydrogen-bond donors (Lipinski definition) is 1. The lowest BCUT2D eigenvalue weighted by Gasteiger charge is -2.29. The molecule has 0 saturated carbocycles. The van der Waals surface area contributed by atoms with Crippen molar-refractivity contribution in [3.05, 3.63) is 90.3 Å². The van der Waals surface area contributed by atoms with Crippen molar-refractivity contribution in [2.45, 2.75) is 37.6 Å². The van der Waals surface area contributed by atoms with E-state index < -0.39 is 10.0 Å². The summed E-state index contributed by atoms with van der Waals surface area (Å²) in [4.78, 5) is 22.7. The number of pyridine rings is 2. The lowest BCUT2D eigenvalue weighted by atomic mass is 10.0. The highest BCUT2D eigenvalue weighted by Crippen LogP contribution is 2.30. The predicted octanol–water partition coefficient (Wildman–Crippen LogP) is 5.21. The summed E-state index contributed by atoms with van der Waals surface area (Å²) < 4.78 is 28.5. The first-order valence-corrected chi connectivity index (χ1v) is 14.0. The molecule has 2 aromatic carbocycles. The summed E-state index contributed by atoms with van der Waals surface area (Å²) in [5, 5.41) is 3.56. The van der Waals surface area contributed by atoms with Crippen LogP contribution in [0.2, 0.25) is 0 Å². The number of aromatic nitrogens is 2. The molecule has 3 heterocycles. The maximum Gasteiger partial charge on any atom is 0.252 e. The summed E-state index contributed by atoms with van der Waals surface area (Å²) in [6.07, 6.45) is 5.05. The van der Waals surface area contributed by atoms with E-state index in [2.05, 4.69) is 17.2 Å². The molecular weight excluding hydrogens is 484 g/mol. The molecule has 0 radical (unpaired) electrons. The predicted molar refractivity (Wildman–Crippen MR) is 144 cm³/mol. The number of benzene rings is 2. The van der Waals surface area contributed by atoms with E-state index in [9.17, 15) is 13.2 Å². The van der Waals surface area contributed by atoms with Crippen molar-refractivity contribution < 1.29 is 13.2 Å². The van der Waals surface area contributed by atoms with Crippen LogP contribution in [0.5, 0.6) is 0 Å². The lowest BCUT2D eigenvalue weighted by Crippen LogP contribution is -2.37. The maximum atomic E-state index is 13.6. The van der Waals surface area contributed by atoms with Crippen molar-refractivity contribution in [1.82, 2.24) is 19.6 Å². The third-order valence-corrected chi connectivity index (χ3v) is 8.90. The van der Waals surface area contributed by atoms with Crippen LogP contribution in [0, 0.1) is 5.92 Å². The van der Waals surface area contributed by atoms with Crippen LogP contribution in [0.25, 0.3) is 22.2 Å². The second kappa shape index (κ2) is 10.4. The Morgan fingerprint density at radius 3 is 2.49 bits per heavy atom. The van der Waals surface area contributed by atoms with E-state index in [0.717, 1.165) is 24.0 Å². The SMILES string of the molecule is CC1CCN(S(=O)(=O)c2ccc3nc(-c4cccnc4)cc(C(=O)N[C@H](C)c4ccccc4)c3c2)CC1. The number of nitrogens with one attached hydrogen (secondary N) is 1. The smallest absolute Gasteiger partial charge is 0.252 e. The molecule has 1 saturated heterocycles. The van der Waals surface area contributed by atoms with Gasteiger partial charge in [-0.15, -0.1) is 0 Å². The van der Waals surface area contributed by atoms with Gasteiger partial charge in [-0.2, -0.15) is 4.31 Å². The molecular formula is C29H30N4O3S. The highest BCUT2D eigenvalue weighted by molar-refractivity contribution is 7.89. The number of rotatable bonds is 6. The Hall–Kier alpha value is -3.62. The van der Waals surface area contributed by atoms with Gasteiger partial charge in [0.1, 0.15) is 0 Å². The number of hydrogen-bond acceptors (Lipinski definition) is 5. The fourth-order valence-corrected chi connectivity index (χ4v) is 6.19. The van der Waals surface area contributed by atoms with Crippen LogP contribution < -0.4 is 5.32 Å². The number of sulfonamides is 1. The van der Waals surface area contributed by atoms with Gasteiger partial charge in [0.15, 0.2) is 0 Å². The van der Waals surface area contributed by atoms with Crippen LogP contribution in [0.4, 0.5) is 0 Å². The van der Waals surface area contributed by atoms with Crippen LogP contribution in [0.1, 0.15) is 48.7 Å². The molecule has 2 aromatic heterocycles. The molecule has 1 atom stereocenters. The molecule has 37 heavy (non-hydrogen) atoms. The van der Waals surface area contributed by atoms with Crippen LogP contribution >= 0.6 is 0 Å². The molecule has 1 amide bonds. The normalized spacial score (nSPS) is 15.9. The molecule has 0 unspecified atom stereocenters. The molecule has 1 fully saturated rings. The molecule has 4 aromatic rings. The molecule has 0 bridgehead atoms. The number of piperidine rings is 1. The fraction of sp³-hybridized carbons (Fsp3) is 0.276. The van der Waals surface area contributed by atoms with Crippen molar-refractivity contribution in [3.63, 3.8) is 0 Å². The Morgan fingerprint density at radius 2 is 1.78 bits per heavy atom. The van der Waals surface area contributed by atoms with Crippen molar-refractivity contribution in [1.29, 1.82) is 0 Å². The van der Waals surface area contributed by atoms with E-state index in [-0.39, 0.29) is 16.8 Å². The summed E-state index contributed by atoms with van der Waals surface area (Å²) >= 11 is 0. The minimum absolute atomic E-state index is 0.177. The first-order valence-electron chi connectivity index (χ1n) is 12.5. The molecule has 8 heteroatoms. The zero-order valence-electron chi connectivity index (χ0n) is 21.0. The third-order valence-electron chi connectivity index (χ3n) is 7.01. The van der Waals surface area contributed by atoms with Gasteiger partial charge in [-0.3, -0.25) is 9.78 Å². The molecule has 0 spiro atoms. The average Bonchev–Trinajstić information content (AvgIpc) is 2.93. The van der Waals surface area contributed by atoms with Gasteiger partial charge in [-0.05, 0) is 67.6 Å². The van der Waals surface area contributed by atoms with Gasteiger partial charge in [0.05, 0.1) is 27.7 Å². The van der Waals surface area contributed by atoms with Gasteiger partial charge >= 0.3 is 0 Å². The quantitative estimate of drug-likeness (QED) is 0.381. The molecule has 1 aliphatic rings. The van der Waals surface area contributed by atoms with Gasteiger partial charge in [0.2, 0.25) is 10.0 Å². The van der Waals surface area contributed by atoms with Crippen LogP contribution in [0.15, 0.2) is 84.0 Å². The first kappa shape index (κ1) is 25.0. The largest absolute Gasteiger partial charge is 0.345 e. The van der Waals surface area contributed by atoms with Crippen molar-refractivity contribution in [2.24, 2.45) is 5.92 Å². The molecule has 5 rings (SSSR count). The van der Waals surface area contributed by atoms with E-state index in [4.69, 9.17) is 4.98 Å². The average molecular weight is 515 g/mol. The first-order chi connectivity index (χ1) is 17.8. The van der Waals surface area contributed by atoms with E-state index in [0.29, 0.717) is 41.2 Å². The lowest BCUT2D eigenvalue weighted by molar-refractivity contribution is 0.0941. The van der Waals surface area contributed by atoms with Crippen LogP contribution in [0.3, 0.4) is 0 Å². The third kappa shape index (κ3) is 5.26. The van der Waals surface area contributed by atoms with Gasteiger partial charge in [0.25, 0.3) is 5.91 Å². The minimum Gasteiger partial charge on any atom is -0.345 e. The number of amides is 1. The summed E-state index contributed by atoms with van der Waals surface area (Å²) in [6.45, 7) is 5.07. The van der Waals surface area contributed by atoms with E-state index in [1.54, 1.807) is 41.0 Å². The Labute approximate surface area is 217 Å². The molecule has 1 aliphatic heterocycles. The molecule has 0 aliphatic carbocycles. The number of carbonyl (C=O) groups excluding carboxylic acids is 1. The van der Waals surface area contributed by atoms with Crippen LogP contribution in [-0.2, 0) is 10.0 Å². The minimum atomic E-state index is -3.68. The Kier molecular flexibility index (Phi) is 7.04. The molecule has 7 nitrogen and oxygen atoms in total. The van der Waals surface area contributed by atoms with Crippen molar-refractivity contribution in [3.8, 4) is 11.3 Å². The van der Waals surface area contributed by atoms with Crippen molar-refractivity contribution in [2.75, 3.05) is 13.1 Å². The highest BCUT2D eigenvalue weighted by atomic mass is 32.2. The second-order valence-corrected chi connectivity index (χ2v) is 11.6. The zero-order valence-corrected chi connectivity index (χ0v) is 21.8. The monoisotopic (exact) mass is 514 g/mol. The van der Waals surface area contributed by atoms with Crippen LogP contribution in [-0.4, -0.2) is 41.7 Å². The van der Waals surface area contributed by atoms with Gasteiger partial charge in [0, 0.05) is 36.4 Å². The van der Waals surface area contributed by atoms with Gasteiger partial charge < -0.3 is 5.32 Å².